The normalized spacial score (nSPS) is 24.0. The fourth-order valence-electron chi connectivity index (χ4n) is 3.38. The number of hydrogen-bond acceptors (Lipinski definition) is 3. The molecule has 1 aromatic carbocycles. The Kier molecular flexibility index (Phi) is 6.91. The molecule has 2 fully saturated rings. The van der Waals surface area contributed by atoms with Gasteiger partial charge in [0.15, 0.2) is 5.96 Å². The topological polar surface area (TPSA) is 45.7 Å². The van der Waals surface area contributed by atoms with Crippen molar-refractivity contribution in [3.8, 4) is 5.75 Å². The monoisotopic (exact) mass is 361 g/mol. The van der Waals surface area contributed by atoms with Crippen LogP contribution in [0.2, 0.25) is 0 Å². The number of nitrogens with one attached hydrogen (secondary N) is 2. The average Bonchev–Trinajstić information content (AvgIpc) is 3.04. The van der Waals surface area contributed by atoms with Gasteiger partial charge >= 0.3 is 0 Å². The molecule has 0 aromatic heterocycles. The van der Waals surface area contributed by atoms with Crippen molar-refractivity contribution in [1.82, 2.24) is 10.6 Å². The van der Waals surface area contributed by atoms with E-state index < -0.39 is 0 Å². The second-order valence-electron chi connectivity index (χ2n) is 6.99. The van der Waals surface area contributed by atoms with Gasteiger partial charge in [0, 0.05) is 23.4 Å². The van der Waals surface area contributed by atoms with Crippen LogP contribution in [0.25, 0.3) is 0 Å². The van der Waals surface area contributed by atoms with Crippen molar-refractivity contribution in [2.24, 2.45) is 4.99 Å². The lowest BCUT2D eigenvalue weighted by Gasteiger charge is -2.27. The molecule has 0 heterocycles. The maximum atomic E-state index is 6.12. The van der Waals surface area contributed by atoms with Crippen LogP contribution in [0.15, 0.2) is 29.3 Å². The van der Waals surface area contributed by atoms with E-state index in [1.165, 1.54) is 44.1 Å². The van der Waals surface area contributed by atoms with Gasteiger partial charge < -0.3 is 15.4 Å². The summed E-state index contributed by atoms with van der Waals surface area (Å²) < 4.78 is 6.12. The number of aliphatic imine (C=N–C) groups is 1. The third kappa shape index (κ3) is 5.30. The van der Waals surface area contributed by atoms with Crippen molar-refractivity contribution in [2.75, 3.05) is 12.8 Å². The fourth-order valence-corrected chi connectivity index (χ4v) is 4.18. The van der Waals surface area contributed by atoms with E-state index in [1.807, 2.05) is 17.8 Å². The summed E-state index contributed by atoms with van der Waals surface area (Å²) in [7, 11) is 0. The number of para-hydroxylation sites is 1. The molecule has 2 unspecified atom stereocenters. The minimum absolute atomic E-state index is 0.401. The van der Waals surface area contributed by atoms with Crippen LogP contribution in [0.5, 0.6) is 5.75 Å². The molecule has 4 nitrogen and oxygen atoms in total. The number of guanidine groups is 1. The van der Waals surface area contributed by atoms with E-state index in [0.717, 1.165) is 23.5 Å². The third-order valence-corrected chi connectivity index (χ3v) is 6.22. The summed E-state index contributed by atoms with van der Waals surface area (Å²) in [5.41, 5.74) is 1.17. The lowest BCUT2D eigenvalue weighted by Crippen LogP contribution is -2.42. The first kappa shape index (κ1) is 18.4. The van der Waals surface area contributed by atoms with E-state index in [2.05, 4.69) is 42.0 Å². The lowest BCUT2D eigenvalue weighted by atomic mass is 9.96. The minimum atomic E-state index is 0.401. The zero-order valence-electron chi connectivity index (χ0n) is 15.5. The highest BCUT2D eigenvalue weighted by Crippen LogP contribution is 2.29. The Balaban J connectivity index is 1.61. The van der Waals surface area contributed by atoms with Crippen molar-refractivity contribution < 1.29 is 4.74 Å². The first-order valence-corrected chi connectivity index (χ1v) is 10.9. The molecule has 2 aliphatic rings. The fraction of sp³-hybridized carbons (Fsp3) is 0.650. The predicted molar refractivity (Wildman–Crippen MR) is 108 cm³/mol. The molecule has 138 valence electrons. The molecule has 0 radical (unpaired) electrons. The van der Waals surface area contributed by atoms with Gasteiger partial charge in [-0.15, -0.1) is 0 Å². The highest BCUT2D eigenvalue weighted by Gasteiger charge is 2.24. The maximum Gasteiger partial charge on any atom is 0.191 e. The second-order valence-corrected chi connectivity index (χ2v) is 8.12. The molecular weight excluding hydrogens is 330 g/mol. The Morgan fingerprint density at radius 3 is 2.76 bits per heavy atom. The zero-order valence-corrected chi connectivity index (χ0v) is 16.3. The Labute approximate surface area is 156 Å². The number of benzene rings is 1. The molecule has 0 saturated heterocycles. The first-order chi connectivity index (χ1) is 12.3. The molecule has 0 aliphatic heterocycles. The van der Waals surface area contributed by atoms with Crippen molar-refractivity contribution >= 4 is 17.7 Å². The molecule has 2 saturated carbocycles. The van der Waals surface area contributed by atoms with E-state index in [4.69, 9.17) is 9.73 Å². The number of nitrogens with zero attached hydrogens (tertiary/aromatic N) is 1. The van der Waals surface area contributed by atoms with Crippen LogP contribution in [0, 0.1) is 0 Å². The summed E-state index contributed by atoms with van der Waals surface area (Å²) >= 11 is 1.99. The van der Waals surface area contributed by atoms with Crippen LogP contribution in [0.4, 0.5) is 0 Å². The van der Waals surface area contributed by atoms with Gasteiger partial charge in [-0.05, 0) is 57.8 Å². The van der Waals surface area contributed by atoms with Crippen molar-refractivity contribution in [3.05, 3.63) is 29.8 Å². The summed E-state index contributed by atoms with van der Waals surface area (Å²) in [6.07, 6.45) is 10.0. The third-order valence-electron chi connectivity index (χ3n) is 5.13. The summed E-state index contributed by atoms with van der Waals surface area (Å²) in [6, 6.07) is 8.85. The molecule has 25 heavy (non-hydrogen) atoms. The molecule has 0 bridgehead atoms. The molecule has 2 N–H and O–H groups in total. The zero-order chi connectivity index (χ0) is 17.5. The van der Waals surface area contributed by atoms with Crippen molar-refractivity contribution in [1.29, 1.82) is 0 Å². The van der Waals surface area contributed by atoms with Gasteiger partial charge in [-0.3, -0.25) is 0 Å². The van der Waals surface area contributed by atoms with Gasteiger partial charge in [-0.2, -0.15) is 11.8 Å². The highest BCUT2D eigenvalue weighted by atomic mass is 32.2. The smallest absolute Gasteiger partial charge is 0.191 e. The average molecular weight is 362 g/mol. The largest absolute Gasteiger partial charge is 0.490 e. The van der Waals surface area contributed by atoms with E-state index in [1.54, 1.807) is 0 Å². The Morgan fingerprint density at radius 2 is 2.08 bits per heavy atom. The molecule has 1 aromatic rings. The van der Waals surface area contributed by atoms with Gasteiger partial charge in [0.25, 0.3) is 0 Å². The Bertz CT molecular complexity index is 574. The van der Waals surface area contributed by atoms with Crippen molar-refractivity contribution in [3.63, 3.8) is 0 Å². The molecular formula is C20H31N3OS. The number of hydrogen-bond donors (Lipinski definition) is 2. The van der Waals surface area contributed by atoms with Gasteiger partial charge in [0.05, 0.1) is 12.6 Å². The van der Waals surface area contributed by atoms with E-state index in [-0.39, 0.29) is 0 Å². The van der Waals surface area contributed by atoms with Crippen molar-refractivity contribution in [2.45, 2.75) is 69.4 Å². The molecule has 0 amide bonds. The summed E-state index contributed by atoms with van der Waals surface area (Å²) in [5, 5.41) is 7.79. The van der Waals surface area contributed by atoms with Crippen LogP contribution in [0.1, 0.15) is 51.0 Å². The molecule has 5 heteroatoms. The minimum Gasteiger partial charge on any atom is -0.490 e. The summed E-state index contributed by atoms with van der Waals surface area (Å²) in [5.74, 6) is 1.92. The molecule has 2 aliphatic carbocycles. The lowest BCUT2D eigenvalue weighted by molar-refractivity contribution is 0.119. The van der Waals surface area contributed by atoms with E-state index >= 15 is 0 Å². The number of rotatable bonds is 7. The predicted octanol–water partition coefficient (Wildman–Crippen LogP) is 3.96. The first-order valence-electron chi connectivity index (χ1n) is 9.60. The molecule has 0 spiro atoms. The van der Waals surface area contributed by atoms with Crippen LogP contribution >= 0.6 is 11.8 Å². The van der Waals surface area contributed by atoms with Crippen LogP contribution in [-0.2, 0) is 6.54 Å². The molecule has 2 atom stereocenters. The second kappa shape index (κ2) is 9.37. The standard InChI is InChI=1S/C20H31N3OS/c1-3-21-20(23-16-11-12-18(13-16)25-2)22-14-15-7-4-5-10-19(15)24-17-8-6-9-17/h4-5,7,10,16-18H,3,6,8-9,11-14H2,1-2H3,(H2,21,22,23). The number of ether oxygens (including phenoxy) is 1. The highest BCUT2D eigenvalue weighted by molar-refractivity contribution is 7.99. The SMILES string of the molecule is CCNC(=NCc1ccccc1OC1CCC1)NC1CCC(SC)C1. The van der Waals surface area contributed by atoms with Gasteiger partial charge in [0.2, 0.25) is 0 Å². The van der Waals surface area contributed by atoms with Gasteiger partial charge in [0.1, 0.15) is 5.75 Å². The Morgan fingerprint density at radius 1 is 1.24 bits per heavy atom. The van der Waals surface area contributed by atoms with Crippen LogP contribution < -0.4 is 15.4 Å². The van der Waals surface area contributed by atoms with E-state index in [9.17, 15) is 0 Å². The summed E-state index contributed by atoms with van der Waals surface area (Å²) in [6.45, 7) is 3.64. The van der Waals surface area contributed by atoms with E-state index in [0.29, 0.717) is 18.7 Å². The maximum absolute atomic E-state index is 6.12. The quantitative estimate of drug-likeness (QED) is 0.570. The van der Waals surface area contributed by atoms with Gasteiger partial charge in [-0.25, -0.2) is 4.99 Å². The summed E-state index contributed by atoms with van der Waals surface area (Å²) in [4.78, 5) is 4.82. The number of thioether (sulfide) groups is 1. The van der Waals surface area contributed by atoms with Crippen LogP contribution in [-0.4, -0.2) is 36.2 Å². The Hall–Kier alpha value is -1.36. The molecule has 3 rings (SSSR count). The van der Waals surface area contributed by atoms with Gasteiger partial charge in [-0.1, -0.05) is 18.2 Å². The van der Waals surface area contributed by atoms with Crippen LogP contribution in [0.3, 0.4) is 0 Å².